The van der Waals surface area contributed by atoms with Crippen LogP contribution < -0.4 is 4.74 Å². The van der Waals surface area contributed by atoms with Crippen molar-refractivity contribution in [3.05, 3.63) is 59.9 Å². The van der Waals surface area contributed by atoms with E-state index in [-0.39, 0.29) is 5.82 Å². The lowest BCUT2D eigenvalue weighted by atomic mass is 10.2. The number of methoxy groups -OCH3 is 1. The van der Waals surface area contributed by atoms with E-state index in [0.717, 1.165) is 16.8 Å². The van der Waals surface area contributed by atoms with Gasteiger partial charge in [0.05, 0.1) is 24.7 Å². The summed E-state index contributed by atoms with van der Waals surface area (Å²) in [5.74, 6) is -0.248. The number of carbonyl (C=O) groups is 1. The number of ether oxygens (including phenoxy) is 1. The van der Waals surface area contributed by atoms with E-state index in [1.54, 1.807) is 11.7 Å². The summed E-state index contributed by atoms with van der Waals surface area (Å²) in [6, 6.07) is 15.0. The third-order valence-corrected chi connectivity index (χ3v) is 3.32. The van der Waals surface area contributed by atoms with Crippen LogP contribution in [0.25, 0.3) is 11.0 Å². The SMILES string of the molecule is COc1cccc(Cn2c(C(=O)O)nc3ccccc32)c1. The Morgan fingerprint density at radius 1 is 1.24 bits per heavy atom. The molecule has 0 bridgehead atoms. The maximum atomic E-state index is 11.4. The predicted molar refractivity (Wildman–Crippen MR) is 78.8 cm³/mol. The molecule has 0 unspecified atom stereocenters. The average Bonchev–Trinajstić information content (AvgIpc) is 2.87. The highest BCUT2D eigenvalue weighted by Gasteiger charge is 2.16. The van der Waals surface area contributed by atoms with Crippen LogP contribution in [0.15, 0.2) is 48.5 Å². The summed E-state index contributed by atoms with van der Waals surface area (Å²) >= 11 is 0. The molecule has 3 aromatic rings. The maximum Gasteiger partial charge on any atom is 0.372 e. The fourth-order valence-electron chi connectivity index (χ4n) is 2.35. The molecule has 1 N–H and O–H groups in total. The van der Waals surface area contributed by atoms with Crippen molar-refractivity contribution < 1.29 is 14.6 Å². The Labute approximate surface area is 121 Å². The number of carboxylic acids is 1. The molecule has 3 rings (SSSR count). The minimum Gasteiger partial charge on any atom is -0.497 e. The van der Waals surface area contributed by atoms with Gasteiger partial charge < -0.3 is 14.4 Å². The molecular weight excluding hydrogens is 268 g/mol. The van der Waals surface area contributed by atoms with Crippen LogP contribution in [0.2, 0.25) is 0 Å². The van der Waals surface area contributed by atoms with Crippen molar-refractivity contribution in [1.29, 1.82) is 0 Å². The summed E-state index contributed by atoms with van der Waals surface area (Å²) in [5.41, 5.74) is 2.44. The monoisotopic (exact) mass is 282 g/mol. The van der Waals surface area contributed by atoms with Crippen LogP contribution >= 0.6 is 0 Å². The smallest absolute Gasteiger partial charge is 0.372 e. The van der Waals surface area contributed by atoms with Crippen LogP contribution in [-0.2, 0) is 6.54 Å². The van der Waals surface area contributed by atoms with Gasteiger partial charge in [-0.25, -0.2) is 9.78 Å². The van der Waals surface area contributed by atoms with Crippen LogP contribution in [0.4, 0.5) is 0 Å². The van der Waals surface area contributed by atoms with E-state index in [9.17, 15) is 9.90 Å². The third kappa shape index (κ3) is 2.45. The van der Waals surface area contributed by atoms with Crippen molar-refractivity contribution in [1.82, 2.24) is 9.55 Å². The molecule has 0 saturated heterocycles. The molecule has 0 aliphatic carbocycles. The molecule has 0 aliphatic heterocycles. The first kappa shape index (κ1) is 13.2. The van der Waals surface area contributed by atoms with Gasteiger partial charge in [-0.05, 0) is 29.8 Å². The Balaban J connectivity index is 2.10. The van der Waals surface area contributed by atoms with E-state index in [0.29, 0.717) is 12.1 Å². The van der Waals surface area contributed by atoms with Crippen molar-refractivity contribution in [2.24, 2.45) is 0 Å². The standard InChI is InChI=1S/C16H14N2O3/c1-21-12-6-4-5-11(9-12)10-18-14-8-3-2-7-13(14)17-15(18)16(19)20/h2-9H,10H2,1H3,(H,19,20). The summed E-state index contributed by atoms with van der Waals surface area (Å²) in [4.78, 5) is 15.6. The Morgan fingerprint density at radius 2 is 2.05 bits per heavy atom. The van der Waals surface area contributed by atoms with Crippen molar-refractivity contribution in [2.75, 3.05) is 7.11 Å². The van der Waals surface area contributed by atoms with Crippen molar-refractivity contribution in [2.45, 2.75) is 6.54 Å². The molecule has 1 aromatic heterocycles. The van der Waals surface area contributed by atoms with Gasteiger partial charge in [-0.15, -0.1) is 0 Å². The lowest BCUT2D eigenvalue weighted by Gasteiger charge is -2.08. The van der Waals surface area contributed by atoms with Gasteiger partial charge >= 0.3 is 5.97 Å². The number of hydrogen-bond donors (Lipinski definition) is 1. The van der Waals surface area contributed by atoms with Crippen LogP contribution in [0.3, 0.4) is 0 Å². The van der Waals surface area contributed by atoms with Gasteiger partial charge in [0.15, 0.2) is 0 Å². The van der Waals surface area contributed by atoms with Crippen LogP contribution in [0.1, 0.15) is 16.2 Å². The van der Waals surface area contributed by atoms with Crippen molar-refractivity contribution >= 4 is 17.0 Å². The van der Waals surface area contributed by atoms with E-state index < -0.39 is 5.97 Å². The first-order chi connectivity index (χ1) is 10.2. The van der Waals surface area contributed by atoms with E-state index in [4.69, 9.17) is 4.74 Å². The van der Waals surface area contributed by atoms with Crippen LogP contribution in [0.5, 0.6) is 5.75 Å². The lowest BCUT2D eigenvalue weighted by molar-refractivity contribution is 0.0679. The van der Waals surface area contributed by atoms with E-state index in [1.165, 1.54) is 0 Å². The minimum atomic E-state index is -1.03. The molecule has 1 heterocycles. The molecular formula is C16H14N2O3. The number of aromatic nitrogens is 2. The Hall–Kier alpha value is -2.82. The Morgan fingerprint density at radius 3 is 2.81 bits per heavy atom. The number of fused-ring (bicyclic) bond motifs is 1. The molecule has 5 heteroatoms. The molecule has 106 valence electrons. The quantitative estimate of drug-likeness (QED) is 0.799. The summed E-state index contributed by atoms with van der Waals surface area (Å²) in [7, 11) is 1.61. The zero-order chi connectivity index (χ0) is 14.8. The molecule has 2 aromatic carbocycles. The molecule has 0 amide bonds. The fraction of sp³-hybridized carbons (Fsp3) is 0.125. The number of rotatable bonds is 4. The van der Waals surface area contributed by atoms with Crippen molar-refractivity contribution in [3.8, 4) is 5.75 Å². The van der Waals surface area contributed by atoms with Gasteiger partial charge in [0.1, 0.15) is 5.75 Å². The van der Waals surface area contributed by atoms with Gasteiger partial charge in [-0.3, -0.25) is 0 Å². The molecule has 0 saturated carbocycles. The molecule has 0 atom stereocenters. The summed E-state index contributed by atoms with van der Waals surface area (Å²) < 4.78 is 6.90. The first-order valence-electron chi connectivity index (χ1n) is 6.50. The largest absolute Gasteiger partial charge is 0.497 e. The summed E-state index contributed by atoms with van der Waals surface area (Å²) in [5, 5.41) is 9.34. The first-order valence-corrected chi connectivity index (χ1v) is 6.50. The van der Waals surface area contributed by atoms with Gasteiger partial charge in [-0.2, -0.15) is 0 Å². The molecule has 0 spiro atoms. The zero-order valence-electron chi connectivity index (χ0n) is 11.5. The average molecular weight is 282 g/mol. The molecule has 5 nitrogen and oxygen atoms in total. The van der Waals surface area contributed by atoms with Gasteiger partial charge in [0.25, 0.3) is 0 Å². The lowest BCUT2D eigenvalue weighted by Crippen LogP contribution is -2.10. The van der Waals surface area contributed by atoms with E-state index >= 15 is 0 Å². The zero-order valence-corrected chi connectivity index (χ0v) is 11.5. The number of aromatic carboxylic acids is 1. The van der Waals surface area contributed by atoms with Crippen molar-refractivity contribution in [3.63, 3.8) is 0 Å². The summed E-state index contributed by atoms with van der Waals surface area (Å²) in [6.45, 7) is 0.430. The number of hydrogen-bond acceptors (Lipinski definition) is 3. The third-order valence-electron chi connectivity index (χ3n) is 3.32. The second-order valence-corrected chi connectivity index (χ2v) is 4.67. The highest BCUT2D eigenvalue weighted by molar-refractivity contribution is 5.89. The molecule has 0 aliphatic rings. The number of benzene rings is 2. The fourth-order valence-corrected chi connectivity index (χ4v) is 2.35. The predicted octanol–water partition coefficient (Wildman–Crippen LogP) is 2.79. The molecule has 21 heavy (non-hydrogen) atoms. The van der Waals surface area contributed by atoms with Gasteiger partial charge in [-0.1, -0.05) is 24.3 Å². The van der Waals surface area contributed by atoms with Crippen LogP contribution in [-0.4, -0.2) is 27.7 Å². The highest BCUT2D eigenvalue weighted by Crippen LogP contribution is 2.20. The highest BCUT2D eigenvalue weighted by atomic mass is 16.5. The molecule has 0 radical (unpaired) electrons. The second-order valence-electron chi connectivity index (χ2n) is 4.67. The second kappa shape index (κ2) is 5.28. The number of nitrogens with zero attached hydrogens (tertiary/aromatic N) is 2. The number of imidazole rings is 1. The van der Waals surface area contributed by atoms with E-state index in [1.807, 2.05) is 48.5 Å². The normalized spacial score (nSPS) is 10.7. The minimum absolute atomic E-state index is 0.0408. The van der Waals surface area contributed by atoms with Gasteiger partial charge in [0.2, 0.25) is 5.82 Å². The number of para-hydroxylation sites is 2. The van der Waals surface area contributed by atoms with E-state index in [2.05, 4.69) is 4.98 Å². The Kier molecular flexibility index (Phi) is 3.31. The maximum absolute atomic E-state index is 11.4. The summed E-state index contributed by atoms with van der Waals surface area (Å²) in [6.07, 6.45) is 0. The topological polar surface area (TPSA) is 64.3 Å². The van der Waals surface area contributed by atoms with Gasteiger partial charge in [0, 0.05) is 0 Å². The Bertz CT molecular complexity index is 808. The number of carboxylic acid groups (broad SMARTS) is 1. The van der Waals surface area contributed by atoms with Crippen LogP contribution in [0, 0.1) is 0 Å². The molecule has 0 fully saturated rings.